The summed E-state index contributed by atoms with van der Waals surface area (Å²) in [7, 11) is 0. The average Bonchev–Trinajstić information content (AvgIpc) is 3.03. The van der Waals surface area contributed by atoms with E-state index in [2.05, 4.69) is 13.2 Å². The maximum absolute atomic E-state index is 12.4. The number of likely N-dealkylation sites (tertiary alicyclic amines) is 1. The summed E-state index contributed by atoms with van der Waals surface area (Å²) in [4.78, 5) is 27.9. The van der Waals surface area contributed by atoms with Crippen molar-refractivity contribution < 1.29 is 19.1 Å². The van der Waals surface area contributed by atoms with E-state index in [0.29, 0.717) is 48.2 Å². The third-order valence-corrected chi connectivity index (χ3v) is 5.81. The van der Waals surface area contributed by atoms with Gasteiger partial charge in [0.25, 0.3) is 0 Å². The molecule has 0 aliphatic carbocycles. The second-order valence-corrected chi connectivity index (χ2v) is 7.77. The van der Waals surface area contributed by atoms with Crippen LogP contribution in [0.2, 0.25) is 10.0 Å². The number of anilines is 1. The molecule has 1 spiro atoms. The van der Waals surface area contributed by atoms with Crippen LogP contribution in [0.5, 0.6) is 0 Å². The second-order valence-electron chi connectivity index (χ2n) is 6.96. The molecular weight excluding hydrogens is 415 g/mol. The van der Waals surface area contributed by atoms with Gasteiger partial charge in [0.05, 0.1) is 16.6 Å². The number of carbonyl (C=O) groups excluding carboxylic acids is 2. The summed E-state index contributed by atoms with van der Waals surface area (Å²) >= 11 is 12.0. The van der Waals surface area contributed by atoms with Gasteiger partial charge in [-0.15, -0.1) is 0 Å². The Balaban J connectivity index is 1.58. The van der Waals surface area contributed by atoms with Gasteiger partial charge in [-0.05, 0) is 23.8 Å². The molecule has 6 nitrogen and oxygen atoms in total. The molecule has 2 aliphatic rings. The molecule has 1 aromatic carbocycles. The fraction of sp³-hybridized carbons (Fsp3) is 0.333. The van der Waals surface area contributed by atoms with Crippen molar-refractivity contribution in [3.63, 3.8) is 0 Å². The zero-order valence-electron chi connectivity index (χ0n) is 15.9. The molecule has 0 saturated carbocycles. The number of allylic oxidation sites excluding steroid dienone is 2. The van der Waals surface area contributed by atoms with E-state index in [1.165, 1.54) is 0 Å². The molecule has 0 atom stereocenters. The Morgan fingerprint density at radius 1 is 1.24 bits per heavy atom. The van der Waals surface area contributed by atoms with Crippen molar-refractivity contribution in [2.45, 2.75) is 18.4 Å². The first kappa shape index (κ1) is 21.3. The van der Waals surface area contributed by atoms with Crippen LogP contribution in [0.1, 0.15) is 12.8 Å². The molecule has 2 heterocycles. The van der Waals surface area contributed by atoms with E-state index in [9.17, 15) is 9.59 Å². The van der Waals surface area contributed by atoms with Gasteiger partial charge >= 0.3 is 12.2 Å². The van der Waals surface area contributed by atoms with Gasteiger partial charge in [-0.2, -0.15) is 0 Å². The van der Waals surface area contributed by atoms with Gasteiger partial charge in [0.2, 0.25) is 0 Å². The number of amides is 2. The van der Waals surface area contributed by atoms with Crippen molar-refractivity contribution in [2.24, 2.45) is 0 Å². The molecule has 0 aromatic heterocycles. The highest BCUT2D eigenvalue weighted by atomic mass is 35.5. The number of rotatable bonds is 5. The summed E-state index contributed by atoms with van der Waals surface area (Å²) in [6.45, 7) is 8.71. The minimum atomic E-state index is -0.630. The third-order valence-electron chi connectivity index (χ3n) is 5.07. The summed E-state index contributed by atoms with van der Waals surface area (Å²) < 4.78 is 11.0. The maximum Gasteiger partial charge on any atom is 0.415 e. The molecule has 1 aromatic rings. The van der Waals surface area contributed by atoms with Gasteiger partial charge in [-0.25, -0.2) is 9.59 Å². The Labute approximate surface area is 180 Å². The number of carbonyl (C=O) groups is 2. The lowest BCUT2D eigenvalue weighted by Gasteiger charge is -2.36. The predicted octanol–water partition coefficient (Wildman–Crippen LogP) is 5.22. The first-order chi connectivity index (χ1) is 13.9. The first-order valence-corrected chi connectivity index (χ1v) is 9.94. The minimum absolute atomic E-state index is 0.135. The van der Waals surface area contributed by atoms with Gasteiger partial charge < -0.3 is 14.4 Å². The summed E-state index contributed by atoms with van der Waals surface area (Å²) in [5.74, 6) is 0. The first-order valence-electron chi connectivity index (χ1n) is 9.19. The number of hydrogen-bond donors (Lipinski definition) is 0. The van der Waals surface area contributed by atoms with Crippen LogP contribution in [-0.2, 0) is 9.47 Å². The van der Waals surface area contributed by atoms with Gasteiger partial charge in [0.1, 0.15) is 12.2 Å². The van der Waals surface area contributed by atoms with E-state index in [-0.39, 0.29) is 6.61 Å². The van der Waals surface area contributed by atoms with E-state index >= 15 is 0 Å². The Kier molecular flexibility index (Phi) is 6.55. The lowest BCUT2D eigenvalue weighted by Crippen LogP contribution is -2.49. The smallest absolute Gasteiger partial charge is 0.415 e. The quantitative estimate of drug-likeness (QED) is 0.593. The third kappa shape index (κ3) is 4.77. The van der Waals surface area contributed by atoms with Gasteiger partial charge in [-0.3, -0.25) is 4.90 Å². The van der Waals surface area contributed by atoms with E-state index in [1.807, 2.05) is 0 Å². The fourth-order valence-corrected chi connectivity index (χ4v) is 3.69. The molecule has 3 rings (SSSR count). The van der Waals surface area contributed by atoms with E-state index in [1.54, 1.807) is 46.2 Å². The van der Waals surface area contributed by atoms with Crippen LogP contribution < -0.4 is 4.90 Å². The molecule has 2 amide bonds. The van der Waals surface area contributed by atoms with Crippen molar-refractivity contribution in [1.82, 2.24) is 4.90 Å². The van der Waals surface area contributed by atoms with Crippen LogP contribution in [0.4, 0.5) is 15.3 Å². The van der Waals surface area contributed by atoms with Crippen LogP contribution in [0.3, 0.4) is 0 Å². The normalized spacial score (nSPS) is 18.6. The molecule has 29 heavy (non-hydrogen) atoms. The SMILES string of the molecule is C=C/C=C(\C=C)COC(=O)N1CCC2(CC1)CN(c1ccc(Cl)c(Cl)c1)C(=O)O2. The molecule has 154 valence electrons. The Bertz CT molecular complexity index is 860. The molecule has 8 heteroatoms. The Hall–Kier alpha value is -2.44. The topological polar surface area (TPSA) is 59.1 Å². The van der Waals surface area contributed by atoms with Crippen molar-refractivity contribution in [1.29, 1.82) is 0 Å². The number of halogens is 2. The highest BCUT2D eigenvalue weighted by molar-refractivity contribution is 6.42. The monoisotopic (exact) mass is 436 g/mol. The average molecular weight is 437 g/mol. The molecule has 0 unspecified atom stereocenters. The van der Waals surface area contributed by atoms with Gasteiger partial charge in [0.15, 0.2) is 0 Å². The van der Waals surface area contributed by atoms with Crippen molar-refractivity contribution in [3.05, 3.63) is 65.2 Å². The standard InChI is InChI=1S/C21H22Cl2N2O4/c1-3-5-15(4-2)13-28-19(26)24-10-8-21(9-11-24)14-25(20(27)29-21)16-6-7-17(22)18(23)12-16/h3-7,12H,1-2,8-11,13-14H2/b15-5+. The molecule has 2 aliphatic heterocycles. The van der Waals surface area contributed by atoms with Crippen LogP contribution in [0.15, 0.2) is 55.2 Å². The molecular formula is C21H22Cl2N2O4. The number of nitrogens with zero attached hydrogens (tertiary/aromatic N) is 2. The van der Waals surface area contributed by atoms with E-state index < -0.39 is 17.8 Å². The molecule has 2 fully saturated rings. The van der Waals surface area contributed by atoms with Crippen molar-refractivity contribution in [2.75, 3.05) is 31.1 Å². The highest BCUT2D eigenvalue weighted by Crippen LogP contribution is 2.37. The number of hydrogen-bond acceptors (Lipinski definition) is 4. The van der Waals surface area contributed by atoms with Gasteiger partial charge in [0, 0.05) is 31.6 Å². The fourth-order valence-electron chi connectivity index (χ4n) is 3.39. The van der Waals surface area contributed by atoms with Crippen LogP contribution in [-0.4, -0.2) is 48.9 Å². The minimum Gasteiger partial charge on any atom is -0.445 e. The Morgan fingerprint density at radius 3 is 2.59 bits per heavy atom. The zero-order chi connectivity index (χ0) is 21.0. The summed E-state index contributed by atoms with van der Waals surface area (Å²) in [5.41, 5.74) is 0.771. The second kappa shape index (κ2) is 8.93. The maximum atomic E-state index is 12.4. The van der Waals surface area contributed by atoms with Crippen LogP contribution >= 0.6 is 23.2 Å². The van der Waals surface area contributed by atoms with Crippen LogP contribution in [0, 0.1) is 0 Å². The van der Waals surface area contributed by atoms with Crippen molar-refractivity contribution >= 4 is 41.1 Å². The highest BCUT2D eigenvalue weighted by Gasteiger charge is 2.48. The largest absolute Gasteiger partial charge is 0.445 e. The Morgan fingerprint density at radius 2 is 1.97 bits per heavy atom. The lowest BCUT2D eigenvalue weighted by atomic mass is 9.91. The van der Waals surface area contributed by atoms with E-state index in [0.717, 1.165) is 5.57 Å². The van der Waals surface area contributed by atoms with Crippen LogP contribution in [0.25, 0.3) is 0 Å². The zero-order valence-corrected chi connectivity index (χ0v) is 17.4. The van der Waals surface area contributed by atoms with Gasteiger partial charge in [-0.1, -0.05) is 54.6 Å². The molecule has 0 bridgehead atoms. The molecule has 0 radical (unpaired) electrons. The summed E-state index contributed by atoms with van der Waals surface area (Å²) in [5, 5.41) is 0.798. The number of benzene rings is 1. The number of ether oxygens (including phenoxy) is 2. The number of piperidine rings is 1. The lowest BCUT2D eigenvalue weighted by molar-refractivity contribution is 0.000866. The summed E-state index contributed by atoms with van der Waals surface area (Å²) in [6, 6.07) is 5.02. The van der Waals surface area contributed by atoms with E-state index in [4.69, 9.17) is 32.7 Å². The molecule has 2 saturated heterocycles. The molecule has 0 N–H and O–H groups in total. The predicted molar refractivity (Wildman–Crippen MR) is 114 cm³/mol. The summed E-state index contributed by atoms with van der Waals surface area (Å²) in [6.07, 6.45) is 5.21. The van der Waals surface area contributed by atoms with Crippen molar-refractivity contribution in [3.8, 4) is 0 Å².